The lowest BCUT2D eigenvalue weighted by atomic mass is 10.1. The second kappa shape index (κ2) is 6.67. The van der Waals surface area contributed by atoms with Crippen molar-refractivity contribution in [1.29, 1.82) is 0 Å². The van der Waals surface area contributed by atoms with Gasteiger partial charge in [-0.1, -0.05) is 64.5 Å². The molecule has 3 rings (SSSR count). The molecule has 1 heterocycles. The summed E-state index contributed by atoms with van der Waals surface area (Å²) in [6, 6.07) is 18.8. The Morgan fingerprint density at radius 3 is 2.62 bits per heavy atom. The van der Waals surface area contributed by atoms with Gasteiger partial charge in [0.15, 0.2) is 0 Å². The van der Waals surface area contributed by atoms with Gasteiger partial charge >= 0.3 is 0 Å². The Balaban J connectivity index is 1.98. The third-order valence-electron chi connectivity index (χ3n) is 3.71. The third-order valence-corrected chi connectivity index (χ3v) is 5.38. The average Bonchev–Trinajstić information content (AvgIpc) is 2.74. The number of hydrogen-bond donors (Lipinski definition) is 0. The van der Waals surface area contributed by atoms with Crippen LogP contribution in [0.2, 0.25) is 0 Å². The number of thioether (sulfide) groups is 1. The number of nitrogens with zero attached hydrogens (tertiary/aromatic N) is 1. The van der Waals surface area contributed by atoms with Crippen molar-refractivity contribution in [3.8, 4) is 0 Å². The van der Waals surface area contributed by atoms with Crippen molar-refractivity contribution < 1.29 is 4.79 Å². The highest BCUT2D eigenvalue weighted by atomic mass is 79.9. The maximum atomic E-state index is 12.4. The van der Waals surface area contributed by atoms with Crippen LogP contribution < -0.4 is 0 Å². The van der Waals surface area contributed by atoms with Crippen molar-refractivity contribution in [2.45, 2.75) is 17.5 Å². The van der Waals surface area contributed by atoms with E-state index < -0.39 is 0 Å². The first kappa shape index (κ1) is 14.7. The van der Waals surface area contributed by atoms with Gasteiger partial charge in [0.1, 0.15) is 0 Å². The molecule has 0 radical (unpaired) electrons. The molecule has 0 N–H and O–H groups in total. The number of carbonyl (C=O) groups is 1. The Bertz CT molecular complexity index is 632. The molecule has 0 aromatic heterocycles. The molecule has 0 saturated carbocycles. The maximum absolute atomic E-state index is 12.4. The first-order valence-electron chi connectivity index (χ1n) is 6.90. The van der Waals surface area contributed by atoms with Crippen LogP contribution in [-0.2, 0) is 11.3 Å². The second-order valence-electron chi connectivity index (χ2n) is 5.00. The number of fused-ring (bicyclic) bond motifs is 1. The van der Waals surface area contributed by atoms with E-state index >= 15 is 0 Å². The summed E-state index contributed by atoms with van der Waals surface area (Å²) in [5.74, 6) is 1.03. The lowest BCUT2D eigenvalue weighted by Crippen LogP contribution is -2.35. The van der Waals surface area contributed by atoms with E-state index in [0.29, 0.717) is 11.9 Å². The lowest BCUT2D eigenvalue weighted by Gasteiger charge is -2.29. The van der Waals surface area contributed by atoms with E-state index in [9.17, 15) is 4.79 Å². The highest BCUT2D eigenvalue weighted by Crippen LogP contribution is 2.36. The third kappa shape index (κ3) is 3.16. The van der Waals surface area contributed by atoms with Crippen molar-refractivity contribution in [3.63, 3.8) is 0 Å². The Morgan fingerprint density at radius 1 is 1.14 bits per heavy atom. The van der Waals surface area contributed by atoms with Gasteiger partial charge in [0, 0.05) is 17.2 Å². The zero-order chi connectivity index (χ0) is 14.7. The summed E-state index contributed by atoms with van der Waals surface area (Å²) in [6.45, 7) is 0.674. The molecule has 2 aromatic rings. The van der Waals surface area contributed by atoms with E-state index in [1.54, 1.807) is 0 Å². The zero-order valence-electron chi connectivity index (χ0n) is 11.5. The Hall–Kier alpha value is -1.26. The summed E-state index contributed by atoms with van der Waals surface area (Å²) >= 11 is 5.15. The largest absolute Gasteiger partial charge is 0.330 e. The molecule has 1 aliphatic rings. The zero-order valence-corrected chi connectivity index (χ0v) is 13.9. The van der Waals surface area contributed by atoms with Gasteiger partial charge in [-0.15, -0.1) is 11.8 Å². The Labute approximate surface area is 137 Å². The van der Waals surface area contributed by atoms with Gasteiger partial charge in [0.2, 0.25) is 5.91 Å². The predicted octanol–water partition coefficient (Wildman–Crippen LogP) is 4.26. The molecule has 0 fully saturated rings. The molecule has 0 bridgehead atoms. The minimum atomic E-state index is 0.119. The molecule has 1 aliphatic heterocycles. The van der Waals surface area contributed by atoms with Crippen LogP contribution in [0.25, 0.3) is 0 Å². The Morgan fingerprint density at radius 2 is 1.86 bits per heavy atom. The van der Waals surface area contributed by atoms with Gasteiger partial charge < -0.3 is 4.90 Å². The van der Waals surface area contributed by atoms with Gasteiger partial charge in [0.05, 0.1) is 11.4 Å². The first-order chi connectivity index (χ1) is 10.3. The fourth-order valence-corrected chi connectivity index (χ4v) is 4.14. The SMILES string of the molecule is O=C(CBr)N1Cc2ccccc2SCC1c1ccccc1. The van der Waals surface area contributed by atoms with Gasteiger partial charge in [-0.3, -0.25) is 4.79 Å². The van der Waals surface area contributed by atoms with Crippen molar-refractivity contribution in [2.24, 2.45) is 0 Å². The molecule has 4 heteroatoms. The van der Waals surface area contributed by atoms with E-state index in [4.69, 9.17) is 0 Å². The molecule has 0 spiro atoms. The molecule has 1 amide bonds. The van der Waals surface area contributed by atoms with Crippen LogP contribution in [0.5, 0.6) is 0 Å². The van der Waals surface area contributed by atoms with Crippen LogP contribution in [0.4, 0.5) is 0 Å². The molecule has 2 nitrogen and oxygen atoms in total. The van der Waals surface area contributed by atoms with Crippen molar-refractivity contribution in [1.82, 2.24) is 4.90 Å². The van der Waals surface area contributed by atoms with Crippen LogP contribution in [0.3, 0.4) is 0 Å². The van der Waals surface area contributed by atoms with Crippen LogP contribution in [0.1, 0.15) is 17.2 Å². The van der Waals surface area contributed by atoms with E-state index in [1.807, 2.05) is 40.9 Å². The number of hydrogen-bond acceptors (Lipinski definition) is 2. The number of rotatable bonds is 2. The van der Waals surface area contributed by atoms with E-state index in [0.717, 1.165) is 5.75 Å². The summed E-state index contributed by atoms with van der Waals surface area (Å²) in [6.07, 6.45) is 0. The summed E-state index contributed by atoms with van der Waals surface area (Å²) in [5, 5.41) is 0.364. The van der Waals surface area contributed by atoms with Gasteiger partial charge in [-0.2, -0.15) is 0 Å². The predicted molar refractivity (Wildman–Crippen MR) is 90.7 cm³/mol. The molecular formula is C17H16BrNOS. The van der Waals surface area contributed by atoms with Crippen LogP contribution in [0.15, 0.2) is 59.5 Å². The summed E-state index contributed by atoms with van der Waals surface area (Å²) in [5.41, 5.74) is 2.43. The van der Waals surface area contributed by atoms with Crippen molar-refractivity contribution >= 4 is 33.6 Å². The molecule has 0 saturated heterocycles. The van der Waals surface area contributed by atoms with E-state index in [2.05, 4.69) is 46.3 Å². The molecular weight excluding hydrogens is 346 g/mol. The quantitative estimate of drug-likeness (QED) is 0.745. The first-order valence-corrected chi connectivity index (χ1v) is 9.01. The minimum absolute atomic E-state index is 0.119. The second-order valence-corrected chi connectivity index (χ2v) is 6.62. The summed E-state index contributed by atoms with van der Waals surface area (Å²) in [7, 11) is 0. The summed E-state index contributed by atoms with van der Waals surface area (Å²) < 4.78 is 0. The number of halogens is 1. The number of carbonyl (C=O) groups excluding carboxylic acids is 1. The van der Waals surface area contributed by atoms with E-state index in [-0.39, 0.29) is 11.9 Å². The minimum Gasteiger partial charge on any atom is -0.330 e. The normalized spacial score (nSPS) is 18.0. The Kier molecular flexibility index (Phi) is 4.66. The average molecular weight is 362 g/mol. The molecule has 2 aromatic carbocycles. The maximum Gasteiger partial charge on any atom is 0.234 e. The number of benzene rings is 2. The molecule has 1 atom stereocenters. The monoisotopic (exact) mass is 361 g/mol. The highest BCUT2D eigenvalue weighted by molar-refractivity contribution is 9.09. The van der Waals surface area contributed by atoms with Crippen LogP contribution in [-0.4, -0.2) is 21.9 Å². The van der Waals surface area contributed by atoms with Crippen LogP contribution in [0, 0.1) is 0 Å². The standard InChI is InChI=1S/C17H16BrNOS/c18-10-17(20)19-11-14-8-4-5-9-16(14)21-12-15(19)13-6-2-1-3-7-13/h1-9,15H,10-12H2. The van der Waals surface area contributed by atoms with Crippen molar-refractivity contribution in [3.05, 3.63) is 65.7 Å². The number of alkyl halides is 1. The van der Waals surface area contributed by atoms with Gasteiger partial charge in [-0.05, 0) is 17.2 Å². The van der Waals surface area contributed by atoms with Crippen molar-refractivity contribution in [2.75, 3.05) is 11.1 Å². The lowest BCUT2D eigenvalue weighted by molar-refractivity contribution is -0.130. The molecule has 0 aliphatic carbocycles. The summed E-state index contributed by atoms with van der Waals surface area (Å²) in [4.78, 5) is 15.7. The molecule has 21 heavy (non-hydrogen) atoms. The molecule has 1 unspecified atom stereocenters. The smallest absolute Gasteiger partial charge is 0.234 e. The van der Waals surface area contributed by atoms with Gasteiger partial charge in [-0.25, -0.2) is 0 Å². The number of amides is 1. The highest BCUT2D eigenvalue weighted by Gasteiger charge is 2.28. The topological polar surface area (TPSA) is 20.3 Å². The van der Waals surface area contributed by atoms with Gasteiger partial charge in [0.25, 0.3) is 0 Å². The fourth-order valence-electron chi connectivity index (χ4n) is 2.62. The molecule has 108 valence electrons. The van der Waals surface area contributed by atoms with Crippen LogP contribution >= 0.6 is 27.7 Å². The fraction of sp³-hybridized carbons (Fsp3) is 0.235. The van der Waals surface area contributed by atoms with E-state index in [1.165, 1.54) is 16.0 Å².